The lowest BCUT2D eigenvalue weighted by atomic mass is 10.1. The van der Waals surface area contributed by atoms with Crippen LogP contribution in [0.25, 0.3) is 0 Å². The van der Waals surface area contributed by atoms with Crippen molar-refractivity contribution in [1.82, 2.24) is 0 Å². The van der Waals surface area contributed by atoms with Crippen LogP contribution in [-0.4, -0.2) is 42.4 Å². The lowest BCUT2D eigenvalue weighted by Gasteiger charge is -2.12. The number of ether oxygens (including phenoxy) is 1. The number of azo groups is 1. The van der Waals surface area contributed by atoms with Gasteiger partial charge in [0, 0.05) is 13.5 Å². The number of hydrogen-bond acceptors (Lipinski definition) is 4. The van der Waals surface area contributed by atoms with Crippen molar-refractivity contribution in [1.29, 1.82) is 0 Å². The highest BCUT2D eigenvalue weighted by Gasteiger charge is 2.17. The van der Waals surface area contributed by atoms with Gasteiger partial charge in [-0.25, -0.2) is 0 Å². The molecule has 0 fully saturated rings. The molecule has 0 aliphatic carbocycles. The first kappa shape index (κ1) is 17.3. The van der Waals surface area contributed by atoms with Crippen molar-refractivity contribution in [2.45, 2.75) is 64.5 Å². The summed E-state index contributed by atoms with van der Waals surface area (Å²) >= 11 is 0. The fourth-order valence-corrected chi connectivity index (χ4v) is 1.69. The number of unbranched alkanes of at least 4 members (excludes halogenated alkanes) is 5. The minimum Gasteiger partial charge on any atom is -0.600 e. The molecule has 0 aromatic rings. The van der Waals surface area contributed by atoms with Crippen LogP contribution in [0.15, 0.2) is 5.11 Å². The molecule has 18 heavy (non-hydrogen) atoms. The third-order valence-electron chi connectivity index (χ3n) is 2.87. The molecule has 1 N–H and O–H groups in total. The number of aliphatic hydroxyl groups is 1. The Labute approximate surface area is 110 Å². The van der Waals surface area contributed by atoms with Crippen LogP contribution in [0.2, 0.25) is 0 Å². The van der Waals surface area contributed by atoms with E-state index in [1.54, 1.807) is 6.92 Å². The first-order chi connectivity index (χ1) is 8.61. The standard InChI is InChI=1S/C13H28N2O3/c1-4-5-6-7-8-9-10-15(17)14-13(11-18-3)12(2)16/h12-13,16H,4-11H2,1-3H3/t12-,13-/m0/s1. The molecule has 0 unspecified atom stereocenters. The van der Waals surface area contributed by atoms with Crippen molar-refractivity contribution in [3.63, 3.8) is 0 Å². The molecular formula is C13H28N2O3. The van der Waals surface area contributed by atoms with Gasteiger partial charge in [-0.2, -0.15) is 0 Å². The van der Waals surface area contributed by atoms with Gasteiger partial charge in [-0.1, -0.05) is 37.5 Å². The molecule has 0 radical (unpaired) electrons. The van der Waals surface area contributed by atoms with Crippen molar-refractivity contribution >= 4 is 0 Å². The molecule has 5 nitrogen and oxygen atoms in total. The van der Waals surface area contributed by atoms with Gasteiger partial charge >= 0.3 is 0 Å². The topological polar surface area (TPSA) is 67.9 Å². The van der Waals surface area contributed by atoms with Crippen LogP contribution < -0.4 is 0 Å². The van der Waals surface area contributed by atoms with E-state index in [1.165, 1.54) is 32.8 Å². The molecule has 0 aliphatic rings. The number of hydroxylamine groups is 1. The SMILES string of the molecule is CCCCCCCC[N+]([O-])=N[C@@H](COC)[C@H](C)O. The molecule has 0 aliphatic heterocycles. The summed E-state index contributed by atoms with van der Waals surface area (Å²) in [6.07, 6.45) is 6.19. The molecule has 0 saturated heterocycles. The molecule has 0 rings (SSSR count). The molecule has 0 saturated carbocycles. The summed E-state index contributed by atoms with van der Waals surface area (Å²) in [6.45, 7) is 4.47. The van der Waals surface area contributed by atoms with Crippen molar-refractivity contribution in [3.8, 4) is 0 Å². The maximum atomic E-state index is 11.5. The Balaban J connectivity index is 3.80. The van der Waals surface area contributed by atoms with Gasteiger partial charge in [0.15, 0.2) is 12.6 Å². The Kier molecular flexibility index (Phi) is 11.0. The average Bonchev–Trinajstić information content (AvgIpc) is 2.33. The Morgan fingerprint density at radius 1 is 1.22 bits per heavy atom. The fraction of sp³-hybridized carbons (Fsp3) is 1.00. The summed E-state index contributed by atoms with van der Waals surface area (Å²) in [6, 6.07) is -0.465. The van der Waals surface area contributed by atoms with Crippen molar-refractivity contribution in [3.05, 3.63) is 5.21 Å². The molecule has 0 bridgehead atoms. The van der Waals surface area contributed by atoms with Crippen LogP contribution in [0, 0.1) is 5.21 Å². The average molecular weight is 260 g/mol. The van der Waals surface area contributed by atoms with E-state index in [0.29, 0.717) is 11.4 Å². The Bertz CT molecular complexity index is 220. The number of nitrogens with zero attached hydrogens (tertiary/aromatic N) is 2. The van der Waals surface area contributed by atoms with E-state index in [0.717, 1.165) is 12.8 Å². The van der Waals surface area contributed by atoms with Gasteiger partial charge in [-0.15, -0.1) is 0 Å². The van der Waals surface area contributed by atoms with Crippen molar-refractivity contribution < 1.29 is 14.7 Å². The maximum absolute atomic E-state index is 11.5. The van der Waals surface area contributed by atoms with Crippen LogP contribution in [-0.2, 0) is 4.74 Å². The number of rotatable bonds is 11. The molecule has 0 aromatic carbocycles. The fourth-order valence-electron chi connectivity index (χ4n) is 1.69. The predicted octanol–water partition coefficient (Wildman–Crippen LogP) is 2.71. The monoisotopic (exact) mass is 260 g/mol. The van der Waals surface area contributed by atoms with E-state index in [1.807, 2.05) is 0 Å². The van der Waals surface area contributed by atoms with Crippen LogP contribution >= 0.6 is 0 Å². The van der Waals surface area contributed by atoms with Crippen LogP contribution in [0.5, 0.6) is 0 Å². The normalized spacial score (nSPS) is 15.7. The Hall–Kier alpha value is -0.680. The first-order valence-electron chi connectivity index (χ1n) is 6.94. The first-order valence-corrected chi connectivity index (χ1v) is 6.94. The molecule has 108 valence electrons. The number of aliphatic hydroxyl groups excluding tert-OH is 1. The van der Waals surface area contributed by atoms with Gasteiger partial charge < -0.3 is 15.1 Å². The summed E-state index contributed by atoms with van der Waals surface area (Å²) < 4.78 is 4.92. The molecule has 5 heteroatoms. The highest BCUT2D eigenvalue weighted by Crippen LogP contribution is 2.06. The molecule has 2 atom stereocenters. The quantitative estimate of drug-likeness (QED) is 0.269. The second-order valence-electron chi connectivity index (χ2n) is 4.72. The second kappa shape index (κ2) is 11.4. The largest absolute Gasteiger partial charge is 0.600 e. The molecule has 0 heterocycles. The third kappa shape index (κ3) is 9.36. The summed E-state index contributed by atoms with van der Waals surface area (Å²) in [4.78, 5) is 0.691. The van der Waals surface area contributed by atoms with Gasteiger partial charge in [-0.05, 0) is 18.5 Å². The number of methoxy groups -OCH3 is 1. The van der Waals surface area contributed by atoms with E-state index in [2.05, 4.69) is 12.0 Å². The molecule has 0 aromatic heterocycles. The minimum atomic E-state index is -0.661. The lowest BCUT2D eigenvalue weighted by molar-refractivity contribution is -0.535. The highest BCUT2D eigenvalue weighted by molar-refractivity contribution is 4.67. The van der Waals surface area contributed by atoms with E-state index < -0.39 is 12.1 Å². The zero-order valence-corrected chi connectivity index (χ0v) is 12.0. The lowest BCUT2D eigenvalue weighted by Crippen LogP contribution is -2.27. The Morgan fingerprint density at radius 2 is 1.83 bits per heavy atom. The van der Waals surface area contributed by atoms with Gasteiger partial charge in [0.05, 0.1) is 12.7 Å². The zero-order valence-electron chi connectivity index (χ0n) is 12.0. The van der Waals surface area contributed by atoms with Gasteiger partial charge in [-0.3, -0.25) is 0 Å². The summed E-state index contributed by atoms with van der Waals surface area (Å²) in [5, 5.41) is 24.8. The summed E-state index contributed by atoms with van der Waals surface area (Å²) in [5.41, 5.74) is 0. The zero-order chi connectivity index (χ0) is 13.8. The third-order valence-corrected chi connectivity index (χ3v) is 2.87. The minimum absolute atomic E-state index is 0.271. The van der Waals surface area contributed by atoms with Crippen LogP contribution in [0.1, 0.15) is 52.4 Å². The highest BCUT2D eigenvalue weighted by atomic mass is 16.5. The molecule has 0 amide bonds. The van der Waals surface area contributed by atoms with E-state index in [-0.39, 0.29) is 6.61 Å². The van der Waals surface area contributed by atoms with Gasteiger partial charge in [0.2, 0.25) is 0 Å². The van der Waals surface area contributed by atoms with Gasteiger partial charge in [0.1, 0.15) is 0 Å². The maximum Gasteiger partial charge on any atom is 0.180 e. The molecular weight excluding hydrogens is 232 g/mol. The smallest absolute Gasteiger partial charge is 0.180 e. The van der Waals surface area contributed by atoms with Crippen molar-refractivity contribution in [2.75, 3.05) is 20.3 Å². The Morgan fingerprint density at radius 3 is 2.39 bits per heavy atom. The molecule has 0 spiro atoms. The van der Waals surface area contributed by atoms with E-state index in [4.69, 9.17) is 4.74 Å². The number of hydrogen-bond donors (Lipinski definition) is 1. The second-order valence-corrected chi connectivity index (χ2v) is 4.72. The van der Waals surface area contributed by atoms with Gasteiger partial charge in [0.25, 0.3) is 0 Å². The van der Waals surface area contributed by atoms with Crippen LogP contribution in [0.4, 0.5) is 0 Å². The van der Waals surface area contributed by atoms with E-state index in [9.17, 15) is 10.3 Å². The predicted molar refractivity (Wildman–Crippen MR) is 71.6 cm³/mol. The van der Waals surface area contributed by atoms with E-state index >= 15 is 0 Å². The summed E-state index contributed by atoms with van der Waals surface area (Å²) in [7, 11) is 1.54. The van der Waals surface area contributed by atoms with Crippen molar-refractivity contribution in [2.24, 2.45) is 5.11 Å². The summed E-state index contributed by atoms with van der Waals surface area (Å²) in [5.74, 6) is 0. The van der Waals surface area contributed by atoms with Crippen LogP contribution in [0.3, 0.4) is 0 Å².